The molecule has 2 heterocycles. The lowest BCUT2D eigenvalue weighted by molar-refractivity contribution is -0.137. The van der Waals surface area contributed by atoms with E-state index in [0.29, 0.717) is 88.8 Å². The number of H-pyrrole nitrogens is 1. The third-order valence-electron chi connectivity index (χ3n) is 9.81. The first kappa shape index (κ1) is 50.3. The molecular formula is C49H60N8O8. The number of alkyl carbamates (subject to hydrolysis) is 1. The molecule has 5 amide bonds. The molecule has 16 heteroatoms. The minimum atomic E-state index is -0.945. The molecule has 0 bridgehead atoms. The number of oxazole rings is 1. The zero-order valence-electron chi connectivity index (χ0n) is 38.3. The molecule has 344 valence electrons. The van der Waals surface area contributed by atoms with E-state index in [9.17, 15) is 24.0 Å². The molecule has 0 radical (unpaired) electrons. The normalized spacial score (nSPS) is 11.4. The Kier molecular flexibility index (Phi) is 19.9. The summed E-state index contributed by atoms with van der Waals surface area (Å²) in [6, 6.07) is 27.1. The van der Waals surface area contributed by atoms with Gasteiger partial charge in [0.05, 0.1) is 37.4 Å². The van der Waals surface area contributed by atoms with Gasteiger partial charge in [0, 0.05) is 44.1 Å². The number of aromatic amines is 1. The minimum Gasteiger partial charge on any atom is -0.453 e. The van der Waals surface area contributed by atoms with Gasteiger partial charge in [-0.3, -0.25) is 19.2 Å². The highest BCUT2D eigenvalue weighted by Gasteiger charge is 2.29. The lowest BCUT2D eigenvalue weighted by Gasteiger charge is -2.27. The fourth-order valence-corrected chi connectivity index (χ4v) is 6.84. The van der Waals surface area contributed by atoms with Gasteiger partial charge in [-0.25, -0.2) is 14.8 Å². The third kappa shape index (κ3) is 13.8. The Morgan fingerprint density at radius 2 is 1.40 bits per heavy atom. The summed E-state index contributed by atoms with van der Waals surface area (Å²) in [5, 5.41) is 8.21. The summed E-state index contributed by atoms with van der Waals surface area (Å²) in [6.45, 7) is 10.5. The van der Waals surface area contributed by atoms with Crippen molar-refractivity contribution >= 4 is 46.9 Å². The second-order valence-electron chi connectivity index (χ2n) is 14.6. The van der Waals surface area contributed by atoms with E-state index in [-0.39, 0.29) is 24.9 Å². The van der Waals surface area contributed by atoms with Crippen molar-refractivity contribution in [3.05, 3.63) is 126 Å². The summed E-state index contributed by atoms with van der Waals surface area (Å²) < 4.78 is 15.3. The van der Waals surface area contributed by atoms with Crippen LogP contribution in [0.3, 0.4) is 0 Å². The number of anilines is 1. The maximum Gasteiger partial charge on any atom is 0.407 e. The average Bonchev–Trinajstić information content (AvgIpc) is 3.99. The van der Waals surface area contributed by atoms with Crippen LogP contribution in [0.1, 0.15) is 75.1 Å². The molecule has 4 N–H and O–H groups in total. The number of imidazole rings is 1. The number of aryl methyl sites for hydroxylation is 1. The highest BCUT2D eigenvalue weighted by atomic mass is 16.5. The van der Waals surface area contributed by atoms with Crippen LogP contribution in [-0.2, 0) is 35.2 Å². The largest absolute Gasteiger partial charge is 0.453 e. The van der Waals surface area contributed by atoms with Gasteiger partial charge in [-0.05, 0) is 60.7 Å². The molecule has 0 saturated heterocycles. The van der Waals surface area contributed by atoms with Crippen molar-refractivity contribution in [3.63, 3.8) is 0 Å². The molecule has 0 saturated carbocycles. The number of ether oxygens (including phenoxy) is 2. The molecule has 0 unspecified atom stereocenters. The first-order chi connectivity index (χ1) is 31.5. The molecule has 4 aromatic carbocycles. The molecule has 0 aliphatic rings. The van der Waals surface area contributed by atoms with Gasteiger partial charge in [0.25, 0.3) is 0 Å². The van der Waals surface area contributed by atoms with E-state index in [2.05, 4.69) is 30.7 Å². The number of amides is 5. The number of hydrogen-bond donors (Lipinski definition) is 4. The number of hydrogen-bond acceptors (Lipinski definition) is 10. The number of fused-ring (bicyclic) bond motifs is 1. The average molecular weight is 889 g/mol. The number of benzene rings is 4. The van der Waals surface area contributed by atoms with E-state index >= 15 is 0 Å². The van der Waals surface area contributed by atoms with Gasteiger partial charge in [-0.15, -0.1) is 0 Å². The van der Waals surface area contributed by atoms with Crippen LogP contribution >= 0.6 is 0 Å². The van der Waals surface area contributed by atoms with Gasteiger partial charge < -0.3 is 44.6 Å². The Labute approximate surface area is 380 Å². The maximum absolute atomic E-state index is 13.9. The first-order valence-corrected chi connectivity index (χ1v) is 21.5. The van der Waals surface area contributed by atoms with Crippen LogP contribution in [0.2, 0.25) is 0 Å². The Balaban J connectivity index is 0.00000177. The second-order valence-corrected chi connectivity index (χ2v) is 14.6. The minimum absolute atomic E-state index is 0.177. The molecule has 0 spiro atoms. The summed E-state index contributed by atoms with van der Waals surface area (Å²) in [4.78, 5) is 80.2. The number of nitrogens with one attached hydrogen (secondary N) is 4. The fourth-order valence-electron chi connectivity index (χ4n) is 6.84. The molecule has 0 fully saturated rings. The van der Waals surface area contributed by atoms with Crippen LogP contribution in [0.5, 0.6) is 0 Å². The van der Waals surface area contributed by atoms with Gasteiger partial charge in [0.15, 0.2) is 5.76 Å². The van der Waals surface area contributed by atoms with Gasteiger partial charge in [0.1, 0.15) is 17.9 Å². The number of nitrogens with zero attached hydrogens (tertiary/aromatic N) is 4. The van der Waals surface area contributed by atoms with Crippen LogP contribution in [-0.4, -0.2) is 95.9 Å². The molecule has 65 heavy (non-hydrogen) atoms. The smallest absolute Gasteiger partial charge is 0.407 e. The number of aromatic nitrogens is 3. The summed E-state index contributed by atoms with van der Waals surface area (Å²) in [5.74, 6) is 0.326. The topological polar surface area (TPSA) is 201 Å². The zero-order valence-corrected chi connectivity index (χ0v) is 38.3. The number of carbonyl (C=O) groups is 5. The van der Waals surface area contributed by atoms with E-state index in [1.54, 1.807) is 79.9 Å². The SMILES string of the molecule is CC.CCCN(CC(=O)Nc1cc(-c2cnc(-c3ccc4nc(CN(CCC)C(=O)[C@H](NC(=O)OC)c5ccccc5)[nH]c4c3)o2)ccc1C)C(=O)[C@H](NC=O)c1ccccc1.COC. The standard InChI is InChI=1S/C45H48N8O7.C2H6O.C2H6/c1-5-21-52(44(57)41(51-45(58)59-4)31-15-11-8-12-16-31)26-38-48-34-20-19-33(24-36(34)49-38)42-46-25-37(60-42)32-18-17-29(3)35(23-32)50-39(55)27-53(22-6-2)43(56)40(47-28-54)30-13-9-7-10-14-30;1-3-2;1-2/h7-20,23-25,28,40-41H,5-6,21-22,26-27H2,1-4H3,(H,47,54)(H,48,49)(H,50,55)(H,51,58);1-2H3;1-2H3/t40-,41-;;/m1../s1. The summed E-state index contributed by atoms with van der Waals surface area (Å²) >= 11 is 0. The molecular weight excluding hydrogens is 829 g/mol. The van der Waals surface area contributed by atoms with Gasteiger partial charge in [-0.1, -0.05) is 100 Å². The Morgan fingerprint density at radius 1 is 0.800 bits per heavy atom. The van der Waals surface area contributed by atoms with E-state index in [1.807, 2.05) is 77.1 Å². The third-order valence-corrected chi connectivity index (χ3v) is 9.81. The zero-order chi connectivity index (χ0) is 47.3. The number of methoxy groups -OCH3 is 2. The predicted molar refractivity (Wildman–Crippen MR) is 250 cm³/mol. The van der Waals surface area contributed by atoms with Crippen molar-refractivity contribution in [2.75, 3.05) is 46.3 Å². The Morgan fingerprint density at radius 3 is 2.02 bits per heavy atom. The molecule has 6 rings (SSSR count). The van der Waals surface area contributed by atoms with E-state index in [4.69, 9.17) is 14.1 Å². The molecule has 16 nitrogen and oxygen atoms in total. The lowest BCUT2D eigenvalue weighted by atomic mass is 10.1. The monoisotopic (exact) mass is 888 g/mol. The van der Waals surface area contributed by atoms with Gasteiger partial charge in [-0.2, -0.15) is 0 Å². The van der Waals surface area contributed by atoms with Crippen molar-refractivity contribution in [1.29, 1.82) is 0 Å². The number of rotatable bonds is 18. The van der Waals surface area contributed by atoms with Crippen LogP contribution in [0.25, 0.3) is 33.8 Å². The maximum atomic E-state index is 13.9. The lowest BCUT2D eigenvalue weighted by Crippen LogP contribution is -2.44. The molecule has 2 aromatic heterocycles. The molecule has 0 aliphatic carbocycles. The second kappa shape index (κ2) is 25.7. The predicted octanol–water partition coefficient (Wildman–Crippen LogP) is 7.98. The van der Waals surface area contributed by atoms with Crippen molar-refractivity contribution in [1.82, 2.24) is 35.4 Å². The van der Waals surface area contributed by atoms with Crippen LogP contribution in [0, 0.1) is 6.92 Å². The highest BCUT2D eigenvalue weighted by Crippen LogP contribution is 2.31. The van der Waals surface area contributed by atoms with E-state index < -0.39 is 24.1 Å². The van der Waals surface area contributed by atoms with Crippen molar-refractivity contribution in [2.24, 2.45) is 0 Å². The molecule has 6 aromatic rings. The van der Waals surface area contributed by atoms with Crippen LogP contribution < -0.4 is 16.0 Å². The van der Waals surface area contributed by atoms with Crippen molar-refractivity contribution < 1.29 is 37.9 Å². The molecule has 2 atom stereocenters. The Hall–Kier alpha value is -7.33. The van der Waals surface area contributed by atoms with E-state index in [1.165, 1.54) is 12.0 Å². The van der Waals surface area contributed by atoms with Gasteiger partial charge in [0.2, 0.25) is 30.0 Å². The van der Waals surface area contributed by atoms with Crippen molar-refractivity contribution in [2.45, 2.75) is 66.1 Å². The summed E-state index contributed by atoms with van der Waals surface area (Å²) in [5.41, 5.74) is 5.37. The number of carbonyl (C=O) groups excluding carboxylic acids is 5. The highest BCUT2D eigenvalue weighted by molar-refractivity contribution is 5.97. The quantitative estimate of drug-likeness (QED) is 0.0613. The summed E-state index contributed by atoms with van der Waals surface area (Å²) in [6.07, 6.45) is 2.69. The van der Waals surface area contributed by atoms with E-state index in [0.717, 1.165) is 5.56 Å². The first-order valence-electron chi connectivity index (χ1n) is 21.5. The van der Waals surface area contributed by atoms with Crippen molar-refractivity contribution in [3.8, 4) is 22.8 Å². The molecule has 0 aliphatic heterocycles. The Bertz CT molecular complexity index is 2450. The fraction of sp³-hybridized carbons (Fsp3) is 0.327. The van der Waals surface area contributed by atoms with Gasteiger partial charge >= 0.3 is 6.09 Å². The summed E-state index contributed by atoms with van der Waals surface area (Å²) in [7, 11) is 4.50. The van der Waals surface area contributed by atoms with Crippen LogP contribution in [0.15, 0.2) is 108 Å². The van der Waals surface area contributed by atoms with Crippen LogP contribution in [0.4, 0.5) is 10.5 Å².